The maximum atomic E-state index is 11.2. The van der Waals surface area contributed by atoms with Crippen molar-refractivity contribution in [1.29, 1.82) is 0 Å². The molecule has 0 aromatic carbocycles. The van der Waals surface area contributed by atoms with Gasteiger partial charge in [0, 0.05) is 26.0 Å². The first-order valence-electron chi connectivity index (χ1n) is 5.73. The summed E-state index contributed by atoms with van der Waals surface area (Å²) in [6.45, 7) is 0.628. The lowest BCUT2D eigenvalue weighted by atomic mass is 10.2. The Morgan fingerprint density at radius 2 is 2.21 bits per heavy atom. The summed E-state index contributed by atoms with van der Waals surface area (Å²) in [7, 11) is 1.87. The maximum absolute atomic E-state index is 11.2. The van der Waals surface area contributed by atoms with Gasteiger partial charge < -0.3 is 16.4 Å². The third-order valence-corrected chi connectivity index (χ3v) is 2.72. The van der Waals surface area contributed by atoms with E-state index in [9.17, 15) is 4.79 Å². The summed E-state index contributed by atoms with van der Waals surface area (Å²) in [5, 5.41) is 0. The molecule has 98 valence electrons. The monoisotopic (exact) mass is 257 g/mol. The van der Waals surface area contributed by atoms with E-state index in [4.69, 9.17) is 11.5 Å². The number of nitrogens with zero attached hydrogens (tertiary/aromatic N) is 3. The van der Waals surface area contributed by atoms with E-state index in [0.29, 0.717) is 12.4 Å². The zero-order chi connectivity index (χ0) is 13.8. The van der Waals surface area contributed by atoms with Gasteiger partial charge in [0.05, 0.1) is 17.4 Å². The Balaban J connectivity index is 2.22. The van der Waals surface area contributed by atoms with E-state index in [1.807, 2.05) is 24.1 Å². The Hall–Kier alpha value is -2.63. The first-order valence-corrected chi connectivity index (χ1v) is 5.73. The van der Waals surface area contributed by atoms with Crippen LogP contribution < -0.4 is 16.4 Å². The number of hydrogen-bond donors (Lipinski definition) is 2. The smallest absolute Gasteiger partial charge is 0.250 e. The highest BCUT2D eigenvalue weighted by molar-refractivity contribution is 5.98. The SMILES string of the molecule is CN(Cc1cccnc1)c1cc(C(N)=O)c(N)cn1. The van der Waals surface area contributed by atoms with Crippen LogP contribution in [0.5, 0.6) is 0 Å². The van der Waals surface area contributed by atoms with Crippen LogP contribution in [0.1, 0.15) is 15.9 Å². The van der Waals surface area contributed by atoms with Crippen molar-refractivity contribution in [3.05, 3.63) is 47.9 Å². The zero-order valence-corrected chi connectivity index (χ0v) is 10.6. The van der Waals surface area contributed by atoms with E-state index in [2.05, 4.69) is 9.97 Å². The van der Waals surface area contributed by atoms with Crippen LogP contribution in [0.2, 0.25) is 0 Å². The summed E-state index contributed by atoms with van der Waals surface area (Å²) >= 11 is 0. The average molecular weight is 257 g/mol. The van der Waals surface area contributed by atoms with E-state index in [-0.39, 0.29) is 11.3 Å². The fourth-order valence-electron chi connectivity index (χ4n) is 1.72. The van der Waals surface area contributed by atoms with Gasteiger partial charge in [-0.2, -0.15) is 0 Å². The predicted molar refractivity (Wildman–Crippen MR) is 73.5 cm³/mol. The Labute approximate surface area is 111 Å². The second-order valence-corrected chi connectivity index (χ2v) is 4.21. The summed E-state index contributed by atoms with van der Waals surface area (Å²) in [4.78, 5) is 21.4. The van der Waals surface area contributed by atoms with E-state index >= 15 is 0 Å². The van der Waals surface area contributed by atoms with E-state index in [0.717, 1.165) is 5.56 Å². The van der Waals surface area contributed by atoms with Gasteiger partial charge >= 0.3 is 0 Å². The van der Waals surface area contributed by atoms with Gasteiger partial charge in [0.15, 0.2) is 0 Å². The topological polar surface area (TPSA) is 98.1 Å². The van der Waals surface area contributed by atoms with Crippen LogP contribution in [-0.2, 0) is 6.54 Å². The number of primary amides is 1. The first kappa shape index (κ1) is 12.8. The number of aromatic nitrogens is 2. The molecule has 0 unspecified atom stereocenters. The van der Waals surface area contributed by atoms with Crippen LogP contribution in [0.3, 0.4) is 0 Å². The molecule has 1 amide bonds. The second-order valence-electron chi connectivity index (χ2n) is 4.21. The molecule has 0 aliphatic heterocycles. The molecular weight excluding hydrogens is 242 g/mol. The predicted octanol–water partition coefficient (Wildman–Crippen LogP) is 0.794. The largest absolute Gasteiger partial charge is 0.397 e. The van der Waals surface area contributed by atoms with Gasteiger partial charge in [-0.05, 0) is 17.7 Å². The van der Waals surface area contributed by atoms with Crippen LogP contribution in [-0.4, -0.2) is 22.9 Å². The standard InChI is InChI=1S/C13H15N5O/c1-18(8-9-3-2-4-16-6-9)12-5-10(13(15)19)11(14)7-17-12/h2-7H,8,14H2,1H3,(H2,15,19). The highest BCUT2D eigenvalue weighted by atomic mass is 16.1. The molecule has 0 bridgehead atoms. The van der Waals surface area contributed by atoms with Crippen LogP contribution in [0.25, 0.3) is 0 Å². The van der Waals surface area contributed by atoms with Gasteiger partial charge in [-0.3, -0.25) is 9.78 Å². The van der Waals surface area contributed by atoms with Crippen molar-refractivity contribution < 1.29 is 4.79 Å². The Bertz CT molecular complexity index is 585. The Morgan fingerprint density at radius 1 is 1.42 bits per heavy atom. The van der Waals surface area contributed by atoms with Gasteiger partial charge in [0.25, 0.3) is 5.91 Å². The van der Waals surface area contributed by atoms with Gasteiger partial charge in [0.2, 0.25) is 0 Å². The fourth-order valence-corrected chi connectivity index (χ4v) is 1.72. The highest BCUT2D eigenvalue weighted by Gasteiger charge is 2.10. The number of nitrogens with two attached hydrogens (primary N) is 2. The molecule has 0 saturated carbocycles. The number of nitrogen functional groups attached to an aromatic ring is 1. The molecule has 0 radical (unpaired) electrons. The number of anilines is 2. The number of carbonyl (C=O) groups excluding carboxylic acids is 1. The van der Waals surface area contributed by atoms with E-state index in [1.54, 1.807) is 18.5 Å². The fraction of sp³-hybridized carbons (Fsp3) is 0.154. The summed E-state index contributed by atoms with van der Waals surface area (Å²) in [6, 6.07) is 5.43. The van der Waals surface area contributed by atoms with E-state index in [1.165, 1.54) is 6.20 Å². The number of rotatable bonds is 4. The van der Waals surface area contributed by atoms with Crippen molar-refractivity contribution in [2.75, 3.05) is 17.7 Å². The molecule has 0 saturated heterocycles. The Kier molecular flexibility index (Phi) is 3.61. The van der Waals surface area contributed by atoms with Crippen molar-refractivity contribution in [2.45, 2.75) is 6.54 Å². The number of pyridine rings is 2. The number of carbonyl (C=O) groups is 1. The number of amides is 1. The molecule has 2 heterocycles. The van der Waals surface area contributed by atoms with Crippen molar-refractivity contribution in [3.63, 3.8) is 0 Å². The third-order valence-electron chi connectivity index (χ3n) is 2.72. The third kappa shape index (κ3) is 2.98. The van der Waals surface area contributed by atoms with Gasteiger partial charge in [0.1, 0.15) is 5.82 Å². The first-order chi connectivity index (χ1) is 9.08. The molecule has 2 rings (SSSR count). The molecule has 0 atom stereocenters. The lowest BCUT2D eigenvalue weighted by Gasteiger charge is -2.18. The van der Waals surface area contributed by atoms with Gasteiger partial charge in [-0.15, -0.1) is 0 Å². The van der Waals surface area contributed by atoms with Crippen LogP contribution in [0.15, 0.2) is 36.8 Å². The van der Waals surface area contributed by atoms with Crippen LogP contribution >= 0.6 is 0 Å². The molecule has 0 aliphatic carbocycles. The average Bonchev–Trinajstić information content (AvgIpc) is 2.40. The molecule has 19 heavy (non-hydrogen) atoms. The minimum atomic E-state index is -0.559. The minimum absolute atomic E-state index is 0.281. The maximum Gasteiger partial charge on any atom is 0.250 e. The second kappa shape index (κ2) is 5.34. The molecule has 6 heteroatoms. The van der Waals surface area contributed by atoms with Crippen molar-refractivity contribution in [2.24, 2.45) is 5.73 Å². The number of hydrogen-bond acceptors (Lipinski definition) is 5. The van der Waals surface area contributed by atoms with Crippen molar-refractivity contribution in [3.8, 4) is 0 Å². The zero-order valence-electron chi connectivity index (χ0n) is 10.6. The van der Waals surface area contributed by atoms with Crippen LogP contribution in [0.4, 0.5) is 11.5 Å². The van der Waals surface area contributed by atoms with Gasteiger partial charge in [-0.25, -0.2) is 4.98 Å². The quantitative estimate of drug-likeness (QED) is 0.844. The Morgan fingerprint density at radius 3 is 2.84 bits per heavy atom. The lowest BCUT2D eigenvalue weighted by molar-refractivity contribution is 0.100. The lowest BCUT2D eigenvalue weighted by Crippen LogP contribution is -2.20. The van der Waals surface area contributed by atoms with Crippen LogP contribution in [0, 0.1) is 0 Å². The van der Waals surface area contributed by atoms with E-state index < -0.39 is 5.91 Å². The summed E-state index contributed by atoms with van der Waals surface area (Å²) < 4.78 is 0. The van der Waals surface area contributed by atoms with Crippen molar-refractivity contribution >= 4 is 17.4 Å². The normalized spacial score (nSPS) is 10.2. The van der Waals surface area contributed by atoms with Gasteiger partial charge in [-0.1, -0.05) is 6.07 Å². The molecular formula is C13H15N5O. The summed E-state index contributed by atoms with van der Waals surface area (Å²) in [5.74, 6) is 0.0720. The summed E-state index contributed by atoms with van der Waals surface area (Å²) in [5.41, 5.74) is 12.5. The minimum Gasteiger partial charge on any atom is -0.397 e. The highest BCUT2D eigenvalue weighted by Crippen LogP contribution is 2.18. The molecule has 0 spiro atoms. The summed E-state index contributed by atoms with van der Waals surface area (Å²) in [6.07, 6.45) is 4.94. The molecule has 4 N–H and O–H groups in total. The van der Waals surface area contributed by atoms with Crippen molar-refractivity contribution in [1.82, 2.24) is 9.97 Å². The molecule has 2 aromatic heterocycles. The molecule has 0 fully saturated rings. The molecule has 0 aliphatic rings. The molecule has 2 aromatic rings. The molecule has 6 nitrogen and oxygen atoms in total.